The largest absolute Gasteiger partial charge is 0.316 e. The zero-order valence-electron chi connectivity index (χ0n) is 9.41. The third kappa shape index (κ3) is 2.51. The molecule has 0 aliphatic rings. The molecule has 0 aromatic carbocycles. The summed E-state index contributed by atoms with van der Waals surface area (Å²) in [4.78, 5) is 8.69. The zero-order chi connectivity index (χ0) is 10.6. The van der Waals surface area contributed by atoms with Crippen LogP contribution in [0.5, 0.6) is 0 Å². The lowest BCUT2D eigenvalue weighted by atomic mass is 9.99. The van der Waals surface area contributed by atoms with E-state index < -0.39 is 0 Å². The van der Waals surface area contributed by atoms with Gasteiger partial charge in [-0.05, 0) is 26.0 Å². The summed E-state index contributed by atoms with van der Waals surface area (Å²) in [7, 11) is 1.98. The molecule has 0 saturated carbocycles. The van der Waals surface area contributed by atoms with E-state index in [-0.39, 0.29) is 0 Å². The molecule has 0 aliphatic heterocycles. The number of rotatable bonds is 4. The van der Waals surface area contributed by atoms with E-state index in [4.69, 9.17) is 0 Å². The van der Waals surface area contributed by atoms with Gasteiger partial charge in [-0.1, -0.05) is 13.8 Å². The molecule has 1 heterocycles. The fourth-order valence-corrected chi connectivity index (χ4v) is 1.63. The van der Waals surface area contributed by atoms with E-state index >= 15 is 0 Å². The monoisotopic (exact) mass is 193 g/mol. The van der Waals surface area contributed by atoms with Crippen molar-refractivity contribution < 1.29 is 0 Å². The molecule has 1 rings (SSSR count). The second-order valence-corrected chi connectivity index (χ2v) is 3.71. The van der Waals surface area contributed by atoms with Gasteiger partial charge in [0.05, 0.1) is 0 Å². The van der Waals surface area contributed by atoms with E-state index in [1.165, 1.54) is 0 Å². The van der Waals surface area contributed by atoms with E-state index in [0.717, 1.165) is 17.8 Å². The number of likely N-dealkylation sites (N-methyl/N-ethyl adjacent to an activating group) is 1. The standard InChI is InChI=1S/C11H19N3/c1-5-10(12-4)9(3)11-13-6-8(2)7-14-11/h6-7,9-10,12H,5H2,1-4H3. The summed E-state index contributed by atoms with van der Waals surface area (Å²) < 4.78 is 0. The highest BCUT2D eigenvalue weighted by molar-refractivity contribution is 5.06. The van der Waals surface area contributed by atoms with E-state index in [1.807, 2.05) is 26.4 Å². The summed E-state index contributed by atoms with van der Waals surface area (Å²) in [5, 5.41) is 3.28. The van der Waals surface area contributed by atoms with Crippen LogP contribution < -0.4 is 5.32 Å². The quantitative estimate of drug-likeness (QED) is 0.793. The van der Waals surface area contributed by atoms with Crippen molar-refractivity contribution in [2.75, 3.05) is 7.05 Å². The molecule has 14 heavy (non-hydrogen) atoms. The fourth-order valence-electron chi connectivity index (χ4n) is 1.63. The lowest BCUT2D eigenvalue weighted by Gasteiger charge is -2.20. The maximum Gasteiger partial charge on any atom is 0.132 e. The molecule has 2 unspecified atom stereocenters. The van der Waals surface area contributed by atoms with Gasteiger partial charge in [-0.15, -0.1) is 0 Å². The molecule has 2 atom stereocenters. The number of aromatic nitrogens is 2. The first kappa shape index (κ1) is 11.1. The van der Waals surface area contributed by atoms with Crippen LogP contribution in [-0.4, -0.2) is 23.1 Å². The topological polar surface area (TPSA) is 37.8 Å². The third-order valence-electron chi connectivity index (χ3n) is 2.62. The molecule has 0 bridgehead atoms. The minimum absolute atomic E-state index is 0.366. The molecule has 78 valence electrons. The fraction of sp³-hybridized carbons (Fsp3) is 0.636. The van der Waals surface area contributed by atoms with Crippen LogP contribution in [0.15, 0.2) is 12.4 Å². The van der Waals surface area contributed by atoms with Crippen molar-refractivity contribution in [3.63, 3.8) is 0 Å². The van der Waals surface area contributed by atoms with Gasteiger partial charge in [0.1, 0.15) is 5.82 Å². The van der Waals surface area contributed by atoms with Crippen molar-refractivity contribution in [2.45, 2.75) is 39.2 Å². The Morgan fingerprint density at radius 3 is 2.36 bits per heavy atom. The van der Waals surface area contributed by atoms with Gasteiger partial charge >= 0.3 is 0 Å². The van der Waals surface area contributed by atoms with Crippen LogP contribution in [0.25, 0.3) is 0 Å². The van der Waals surface area contributed by atoms with Gasteiger partial charge in [-0.25, -0.2) is 9.97 Å². The predicted octanol–water partition coefficient (Wildman–Crippen LogP) is 1.89. The molecule has 1 aromatic rings. The van der Waals surface area contributed by atoms with Crippen molar-refractivity contribution in [2.24, 2.45) is 0 Å². The highest BCUT2D eigenvalue weighted by Gasteiger charge is 2.17. The molecule has 0 saturated heterocycles. The van der Waals surface area contributed by atoms with Crippen LogP contribution in [0.1, 0.15) is 37.6 Å². The van der Waals surface area contributed by atoms with Crippen molar-refractivity contribution >= 4 is 0 Å². The van der Waals surface area contributed by atoms with E-state index in [1.54, 1.807) is 0 Å². The first-order valence-corrected chi connectivity index (χ1v) is 5.14. The molecule has 0 amide bonds. The van der Waals surface area contributed by atoms with E-state index in [2.05, 4.69) is 29.1 Å². The maximum atomic E-state index is 4.34. The van der Waals surface area contributed by atoms with Crippen LogP contribution in [0, 0.1) is 6.92 Å². The van der Waals surface area contributed by atoms with Crippen LogP contribution in [0.3, 0.4) is 0 Å². The minimum Gasteiger partial charge on any atom is -0.316 e. The smallest absolute Gasteiger partial charge is 0.132 e. The summed E-state index contributed by atoms with van der Waals surface area (Å²) in [5.74, 6) is 1.29. The normalized spacial score (nSPS) is 15.1. The lowest BCUT2D eigenvalue weighted by molar-refractivity contribution is 0.457. The summed E-state index contributed by atoms with van der Waals surface area (Å²) in [6.07, 6.45) is 4.84. The average Bonchev–Trinajstić information content (AvgIpc) is 2.20. The van der Waals surface area contributed by atoms with Gasteiger partial charge in [-0.3, -0.25) is 0 Å². The molecular formula is C11H19N3. The molecule has 1 N–H and O–H groups in total. The number of nitrogens with zero attached hydrogens (tertiary/aromatic N) is 2. The Hall–Kier alpha value is -0.960. The van der Waals surface area contributed by atoms with Gasteiger partial charge < -0.3 is 5.32 Å². The molecule has 3 nitrogen and oxygen atoms in total. The highest BCUT2D eigenvalue weighted by atomic mass is 14.9. The molecule has 1 aromatic heterocycles. The number of nitrogens with one attached hydrogen (secondary N) is 1. The maximum absolute atomic E-state index is 4.34. The third-order valence-corrected chi connectivity index (χ3v) is 2.62. The van der Waals surface area contributed by atoms with Crippen LogP contribution >= 0.6 is 0 Å². The van der Waals surface area contributed by atoms with Gasteiger partial charge in [-0.2, -0.15) is 0 Å². The van der Waals surface area contributed by atoms with Crippen molar-refractivity contribution in [1.82, 2.24) is 15.3 Å². The van der Waals surface area contributed by atoms with Crippen LogP contribution in [0.2, 0.25) is 0 Å². The Morgan fingerprint density at radius 2 is 1.93 bits per heavy atom. The summed E-state index contributed by atoms with van der Waals surface area (Å²) in [6, 6.07) is 0.456. The number of hydrogen-bond acceptors (Lipinski definition) is 3. The Labute approximate surface area is 86.0 Å². The Kier molecular flexibility index (Phi) is 4.01. The van der Waals surface area contributed by atoms with E-state index in [0.29, 0.717) is 12.0 Å². The molecular weight excluding hydrogens is 174 g/mol. The summed E-state index contributed by atoms with van der Waals surface area (Å²) in [6.45, 7) is 6.34. The van der Waals surface area contributed by atoms with Crippen LogP contribution in [0.4, 0.5) is 0 Å². The average molecular weight is 193 g/mol. The Balaban J connectivity index is 2.77. The van der Waals surface area contributed by atoms with Crippen LogP contribution in [-0.2, 0) is 0 Å². The zero-order valence-corrected chi connectivity index (χ0v) is 9.41. The lowest BCUT2D eigenvalue weighted by Crippen LogP contribution is -2.30. The molecule has 0 aliphatic carbocycles. The number of hydrogen-bond donors (Lipinski definition) is 1. The van der Waals surface area contributed by atoms with Crippen molar-refractivity contribution in [3.05, 3.63) is 23.8 Å². The van der Waals surface area contributed by atoms with E-state index in [9.17, 15) is 0 Å². The van der Waals surface area contributed by atoms with Gasteiger partial charge in [0.2, 0.25) is 0 Å². The second-order valence-electron chi connectivity index (χ2n) is 3.71. The van der Waals surface area contributed by atoms with Crippen molar-refractivity contribution in [3.8, 4) is 0 Å². The summed E-state index contributed by atoms with van der Waals surface area (Å²) >= 11 is 0. The molecule has 3 heteroatoms. The molecule has 0 fully saturated rings. The Morgan fingerprint density at radius 1 is 1.36 bits per heavy atom. The predicted molar refractivity (Wildman–Crippen MR) is 58.3 cm³/mol. The van der Waals surface area contributed by atoms with Gasteiger partial charge in [0, 0.05) is 24.4 Å². The highest BCUT2D eigenvalue weighted by Crippen LogP contribution is 2.16. The van der Waals surface area contributed by atoms with Crippen molar-refractivity contribution in [1.29, 1.82) is 0 Å². The SMILES string of the molecule is CCC(NC)C(C)c1ncc(C)cn1. The number of aryl methyl sites for hydroxylation is 1. The first-order chi connectivity index (χ1) is 6.69. The van der Waals surface area contributed by atoms with Gasteiger partial charge in [0.15, 0.2) is 0 Å². The Bertz CT molecular complexity index is 264. The minimum atomic E-state index is 0.366. The summed E-state index contributed by atoms with van der Waals surface area (Å²) in [5.41, 5.74) is 1.11. The van der Waals surface area contributed by atoms with Gasteiger partial charge in [0.25, 0.3) is 0 Å². The second kappa shape index (κ2) is 5.05. The first-order valence-electron chi connectivity index (χ1n) is 5.14. The molecule has 0 spiro atoms. The molecule has 0 radical (unpaired) electrons.